The van der Waals surface area contributed by atoms with Crippen LogP contribution in [0.4, 0.5) is 0 Å². The summed E-state index contributed by atoms with van der Waals surface area (Å²) in [7, 11) is 0. The Labute approximate surface area is 105 Å². The Kier molecular flexibility index (Phi) is 3.43. The lowest BCUT2D eigenvalue weighted by Crippen LogP contribution is -2.03. The summed E-state index contributed by atoms with van der Waals surface area (Å²) >= 11 is 11.2. The molecule has 2 rings (SSSR count). The van der Waals surface area contributed by atoms with Crippen molar-refractivity contribution in [2.24, 2.45) is 0 Å². The van der Waals surface area contributed by atoms with Gasteiger partial charge in [0.05, 0.1) is 6.54 Å². The van der Waals surface area contributed by atoms with E-state index in [-0.39, 0.29) is 0 Å². The fourth-order valence-electron chi connectivity index (χ4n) is 1.31. The minimum Gasteiger partial charge on any atom is -0.296 e. The summed E-state index contributed by atoms with van der Waals surface area (Å²) in [5, 5.41) is 10.4. The van der Waals surface area contributed by atoms with Crippen LogP contribution in [0.5, 0.6) is 0 Å². The van der Waals surface area contributed by atoms with Crippen molar-refractivity contribution in [2.45, 2.75) is 19.9 Å². The summed E-state index contributed by atoms with van der Waals surface area (Å²) in [4.78, 5) is 1.23. The maximum Gasteiger partial charge on any atom is 0.225 e. The molecule has 80 valence electrons. The molecule has 0 aliphatic carbocycles. The van der Waals surface area contributed by atoms with Crippen LogP contribution in [-0.4, -0.2) is 14.8 Å². The van der Waals surface area contributed by atoms with Crippen molar-refractivity contribution in [3.63, 3.8) is 0 Å². The highest BCUT2D eigenvalue weighted by molar-refractivity contribution is 9.10. The first-order chi connectivity index (χ1) is 7.22. The highest BCUT2D eigenvalue weighted by Gasteiger charge is 2.11. The summed E-state index contributed by atoms with van der Waals surface area (Å²) in [5.74, 6) is 0.917. The monoisotopic (exact) mass is 305 g/mol. The molecule has 0 amide bonds. The molecule has 0 unspecified atom stereocenters. The molecule has 0 radical (unpaired) electrons. The molecule has 0 aromatic carbocycles. The van der Waals surface area contributed by atoms with Crippen LogP contribution >= 0.6 is 38.9 Å². The van der Waals surface area contributed by atoms with Gasteiger partial charge in [0.2, 0.25) is 5.28 Å². The van der Waals surface area contributed by atoms with E-state index in [1.165, 1.54) is 4.88 Å². The molecular formula is C9H9BrClN3S. The van der Waals surface area contributed by atoms with E-state index in [2.05, 4.69) is 26.1 Å². The van der Waals surface area contributed by atoms with Crippen molar-refractivity contribution < 1.29 is 0 Å². The molecule has 3 nitrogen and oxygen atoms in total. The van der Waals surface area contributed by atoms with E-state index in [1.807, 2.05) is 22.9 Å². The normalized spacial score (nSPS) is 10.9. The summed E-state index contributed by atoms with van der Waals surface area (Å²) in [6.07, 6.45) is 0.836. The molecule has 0 N–H and O–H groups in total. The van der Waals surface area contributed by atoms with Gasteiger partial charge < -0.3 is 0 Å². The lowest BCUT2D eigenvalue weighted by Gasteiger charge is -2.04. The van der Waals surface area contributed by atoms with Gasteiger partial charge in [-0.05, 0) is 39.0 Å². The van der Waals surface area contributed by atoms with Gasteiger partial charge in [-0.15, -0.1) is 21.5 Å². The number of nitrogens with zero attached hydrogens (tertiary/aromatic N) is 3. The van der Waals surface area contributed by atoms with Crippen molar-refractivity contribution in [3.8, 4) is 0 Å². The summed E-state index contributed by atoms with van der Waals surface area (Å²) in [6, 6.07) is 2.03. The Morgan fingerprint density at radius 2 is 2.33 bits per heavy atom. The number of hydrogen-bond acceptors (Lipinski definition) is 3. The zero-order valence-corrected chi connectivity index (χ0v) is 11.2. The average molecular weight is 307 g/mol. The Hall–Kier alpha value is -0.390. The van der Waals surface area contributed by atoms with Crippen molar-refractivity contribution >= 4 is 38.9 Å². The molecule has 0 atom stereocenters. The van der Waals surface area contributed by atoms with Crippen LogP contribution in [0, 0.1) is 0 Å². The van der Waals surface area contributed by atoms with Gasteiger partial charge in [0.1, 0.15) is 5.82 Å². The quantitative estimate of drug-likeness (QED) is 0.870. The van der Waals surface area contributed by atoms with Crippen molar-refractivity contribution in [1.29, 1.82) is 0 Å². The zero-order chi connectivity index (χ0) is 10.8. The topological polar surface area (TPSA) is 30.7 Å². The van der Waals surface area contributed by atoms with Crippen LogP contribution in [0.3, 0.4) is 0 Å². The fourth-order valence-corrected chi connectivity index (χ4v) is 2.97. The SMILES string of the molecule is CCc1nnc(Cl)n1Cc1sccc1Br. The van der Waals surface area contributed by atoms with Crippen LogP contribution < -0.4 is 0 Å². The van der Waals surface area contributed by atoms with E-state index in [0.717, 1.165) is 23.3 Å². The Morgan fingerprint density at radius 1 is 1.53 bits per heavy atom. The third-order valence-electron chi connectivity index (χ3n) is 2.09. The first kappa shape index (κ1) is 11.1. The smallest absolute Gasteiger partial charge is 0.225 e. The number of aromatic nitrogens is 3. The number of thiophene rings is 1. The molecule has 0 fully saturated rings. The Bertz CT molecular complexity index is 466. The largest absolute Gasteiger partial charge is 0.296 e. The van der Waals surface area contributed by atoms with Crippen LogP contribution in [0.2, 0.25) is 5.28 Å². The fraction of sp³-hybridized carbons (Fsp3) is 0.333. The molecule has 2 aromatic rings. The van der Waals surface area contributed by atoms with Crippen LogP contribution in [0.1, 0.15) is 17.6 Å². The number of halogens is 2. The molecule has 2 aromatic heterocycles. The van der Waals surface area contributed by atoms with Crippen LogP contribution in [0.25, 0.3) is 0 Å². The minimum atomic E-state index is 0.451. The maximum absolute atomic E-state index is 5.97. The highest BCUT2D eigenvalue weighted by atomic mass is 79.9. The number of rotatable bonds is 3. The van der Waals surface area contributed by atoms with Gasteiger partial charge in [0.25, 0.3) is 0 Å². The van der Waals surface area contributed by atoms with Crippen molar-refractivity contribution in [2.75, 3.05) is 0 Å². The number of hydrogen-bond donors (Lipinski definition) is 0. The van der Waals surface area contributed by atoms with E-state index in [9.17, 15) is 0 Å². The van der Waals surface area contributed by atoms with E-state index in [1.54, 1.807) is 11.3 Å². The third kappa shape index (κ3) is 2.24. The van der Waals surface area contributed by atoms with Gasteiger partial charge in [0.15, 0.2) is 0 Å². The summed E-state index contributed by atoms with van der Waals surface area (Å²) in [6.45, 7) is 2.77. The van der Waals surface area contributed by atoms with Gasteiger partial charge in [-0.2, -0.15) is 0 Å². The Balaban J connectivity index is 2.31. The third-order valence-corrected chi connectivity index (χ3v) is 4.28. The maximum atomic E-state index is 5.97. The molecule has 0 spiro atoms. The van der Waals surface area contributed by atoms with Gasteiger partial charge in [-0.25, -0.2) is 0 Å². The molecule has 0 saturated heterocycles. The van der Waals surface area contributed by atoms with E-state index in [0.29, 0.717) is 5.28 Å². The standard InChI is InChI=1S/C9H9BrClN3S/c1-2-8-12-13-9(11)14(8)5-7-6(10)3-4-15-7/h3-4H,2,5H2,1H3. The van der Waals surface area contributed by atoms with E-state index in [4.69, 9.17) is 11.6 Å². The second-order valence-corrected chi connectivity index (χ2v) is 5.21. The van der Waals surface area contributed by atoms with Crippen LogP contribution in [0.15, 0.2) is 15.9 Å². The molecule has 2 heterocycles. The lowest BCUT2D eigenvalue weighted by atomic mass is 10.4. The minimum absolute atomic E-state index is 0.451. The molecule has 6 heteroatoms. The van der Waals surface area contributed by atoms with Crippen LogP contribution in [-0.2, 0) is 13.0 Å². The predicted molar refractivity (Wildman–Crippen MR) is 65.5 cm³/mol. The zero-order valence-electron chi connectivity index (χ0n) is 8.07. The molecule has 15 heavy (non-hydrogen) atoms. The Morgan fingerprint density at radius 3 is 2.93 bits per heavy atom. The average Bonchev–Trinajstić information content (AvgIpc) is 2.77. The predicted octanol–water partition coefficient (Wildman–Crippen LogP) is 3.37. The summed E-state index contributed by atoms with van der Waals surface area (Å²) in [5.41, 5.74) is 0. The molecule has 0 aliphatic heterocycles. The van der Waals surface area contributed by atoms with Gasteiger partial charge >= 0.3 is 0 Å². The molecule has 0 saturated carbocycles. The van der Waals surface area contributed by atoms with Gasteiger partial charge in [-0.3, -0.25) is 4.57 Å². The van der Waals surface area contributed by atoms with Crippen molar-refractivity contribution in [3.05, 3.63) is 31.9 Å². The molecule has 0 aliphatic rings. The van der Waals surface area contributed by atoms with E-state index < -0.39 is 0 Å². The number of aryl methyl sites for hydroxylation is 1. The molecule has 0 bridgehead atoms. The second-order valence-electron chi connectivity index (χ2n) is 3.02. The molecular weight excluding hydrogens is 298 g/mol. The first-order valence-electron chi connectivity index (χ1n) is 4.51. The van der Waals surface area contributed by atoms with Gasteiger partial charge in [-0.1, -0.05) is 6.92 Å². The van der Waals surface area contributed by atoms with E-state index >= 15 is 0 Å². The highest BCUT2D eigenvalue weighted by Crippen LogP contribution is 2.25. The van der Waals surface area contributed by atoms with Gasteiger partial charge in [0, 0.05) is 15.8 Å². The lowest BCUT2D eigenvalue weighted by molar-refractivity contribution is 0.739. The van der Waals surface area contributed by atoms with Crippen molar-refractivity contribution in [1.82, 2.24) is 14.8 Å². The summed E-state index contributed by atoms with van der Waals surface area (Å²) < 4.78 is 3.04. The first-order valence-corrected chi connectivity index (χ1v) is 6.57. The second kappa shape index (κ2) is 4.63.